The Morgan fingerprint density at radius 3 is 1.90 bits per heavy atom. The van der Waals surface area contributed by atoms with Crippen LogP contribution in [0.3, 0.4) is 0 Å². The average Bonchev–Trinajstić information content (AvgIpc) is 2.82. The van der Waals surface area contributed by atoms with Gasteiger partial charge in [0.15, 0.2) is 7.85 Å². The molecule has 94 valence electrons. The highest BCUT2D eigenvalue weighted by molar-refractivity contribution is 6.30. The molecule has 0 amide bonds. The second-order valence-corrected chi connectivity index (χ2v) is 5.01. The first-order chi connectivity index (χ1) is 9.84. The summed E-state index contributed by atoms with van der Waals surface area (Å²) in [4.78, 5) is 4.68. The minimum Gasteiger partial charge on any atom is -0.294 e. The molecule has 0 N–H and O–H groups in total. The highest BCUT2D eigenvalue weighted by atomic mass is 15.1. The van der Waals surface area contributed by atoms with Gasteiger partial charge in [0.2, 0.25) is 0 Å². The lowest BCUT2D eigenvalue weighted by Crippen LogP contribution is -2.10. The molecule has 2 aromatic heterocycles. The molecule has 0 spiro atoms. The monoisotopic (exact) mass is 256 g/mol. The van der Waals surface area contributed by atoms with E-state index in [2.05, 4.69) is 70.2 Å². The van der Waals surface area contributed by atoms with E-state index in [9.17, 15) is 0 Å². The van der Waals surface area contributed by atoms with Gasteiger partial charge in [0, 0.05) is 10.8 Å². The van der Waals surface area contributed by atoms with Crippen molar-refractivity contribution < 1.29 is 0 Å². The molecule has 0 aliphatic heterocycles. The molecule has 0 atom stereocenters. The van der Waals surface area contributed by atoms with Crippen LogP contribution in [0, 0.1) is 0 Å². The molecular formula is C17H13BN2. The number of rotatable bonds is 1. The van der Waals surface area contributed by atoms with Gasteiger partial charge in [-0.05, 0) is 23.8 Å². The van der Waals surface area contributed by atoms with Crippen LogP contribution >= 0.6 is 0 Å². The number of nitrogens with zero attached hydrogens (tertiary/aromatic N) is 2. The smallest absolute Gasteiger partial charge is 0.164 e. The van der Waals surface area contributed by atoms with Gasteiger partial charge in [-0.3, -0.25) is 4.57 Å². The first-order valence-corrected chi connectivity index (χ1v) is 6.77. The fourth-order valence-electron chi connectivity index (χ4n) is 2.82. The second-order valence-electron chi connectivity index (χ2n) is 5.01. The Bertz CT molecular complexity index is 871. The Morgan fingerprint density at radius 1 is 0.700 bits per heavy atom. The van der Waals surface area contributed by atoms with E-state index in [4.69, 9.17) is 0 Å². The summed E-state index contributed by atoms with van der Waals surface area (Å²) in [5, 5.41) is 2.54. The molecule has 20 heavy (non-hydrogen) atoms. The lowest BCUT2D eigenvalue weighted by Gasteiger charge is -2.07. The van der Waals surface area contributed by atoms with E-state index < -0.39 is 0 Å². The standard InChI is InChI=1S/C17H13BN2/c18-16-10-5-11-17(19-16)20-14-8-3-1-6-12(14)13-7-2-4-9-15(13)20/h1-11H,18H2. The zero-order chi connectivity index (χ0) is 13.5. The van der Waals surface area contributed by atoms with Crippen LogP contribution in [0.25, 0.3) is 27.6 Å². The normalized spacial score (nSPS) is 11.2. The van der Waals surface area contributed by atoms with Gasteiger partial charge in [-0.25, -0.2) is 4.98 Å². The van der Waals surface area contributed by atoms with Crippen molar-refractivity contribution in [1.29, 1.82) is 0 Å². The Kier molecular flexibility index (Phi) is 2.39. The molecule has 2 heterocycles. The molecule has 3 heteroatoms. The number of aromatic nitrogens is 2. The summed E-state index contributed by atoms with van der Waals surface area (Å²) < 4.78 is 2.23. The van der Waals surface area contributed by atoms with Gasteiger partial charge in [-0.15, -0.1) is 0 Å². The van der Waals surface area contributed by atoms with Crippen LogP contribution in [0.5, 0.6) is 0 Å². The molecule has 2 nitrogen and oxygen atoms in total. The summed E-state index contributed by atoms with van der Waals surface area (Å²) in [6.45, 7) is 0. The van der Waals surface area contributed by atoms with E-state index in [0.717, 1.165) is 11.4 Å². The highest BCUT2D eigenvalue weighted by Crippen LogP contribution is 2.30. The summed E-state index contributed by atoms with van der Waals surface area (Å²) in [6, 6.07) is 23.1. The highest BCUT2D eigenvalue weighted by Gasteiger charge is 2.11. The maximum Gasteiger partial charge on any atom is 0.164 e. The summed E-state index contributed by atoms with van der Waals surface area (Å²) >= 11 is 0. The molecule has 2 aromatic carbocycles. The lowest BCUT2D eigenvalue weighted by atomic mass is 10.0. The number of benzene rings is 2. The van der Waals surface area contributed by atoms with Crippen molar-refractivity contribution in [3.8, 4) is 5.82 Å². The van der Waals surface area contributed by atoms with E-state index >= 15 is 0 Å². The number of para-hydroxylation sites is 2. The molecular weight excluding hydrogens is 243 g/mol. The van der Waals surface area contributed by atoms with Crippen molar-refractivity contribution in [2.24, 2.45) is 0 Å². The van der Waals surface area contributed by atoms with Crippen molar-refractivity contribution in [3.63, 3.8) is 0 Å². The summed E-state index contributed by atoms with van der Waals surface area (Å²) in [6.07, 6.45) is 0. The fourth-order valence-corrected chi connectivity index (χ4v) is 2.82. The third kappa shape index (κ3) is 1.56. The minimum absolute atomic E-state index is 0.974. The summed E-state index contributed by atoms with van der Waals surface area (Å²) in [5.74, 6) is 0.974. The second kappa shape index (κ2) is 4.24. The van der Waals surface area contributed by atoms with Gasteiger partial charge in [0.25, 0.3) is 0 Å². The molecule has 0 saturated heterocycles. The largest absolute Gasteiger partial charge is 0.294 e. The quantitative estimate of drug-likeness (QED) is 0.478. The zero-order valence-electron chi connectivity index (χ0n) is 11.2. The van der Waals surface area contributed by atoms with E-state index in [-0.39, 0.29) is 0 Å². The van der Waals surface area contributed by atoms with Crippen LogP contribution in [0.15, 0.2) is 66.7 Å². The number of fused-ring (bicyclic) bond motifs is 3. The minimum atomic E-state index is 0.974. The predicted octanol–water partition coefficient (Wildman–Crippen LogP) is 2.44. The third-order valence-electron chi connectivity index (χ3n) is 3.68. The molecule has 0 unspecified atom stereocenters. The van der Waals surface area contributed by atoms with Crippen LogP contribution < -0.4 is 5.59 Å². The molecule has 0 saturated carbocycles. The Balaban J connectivity index is 2.21. The number of hydrogen-bond acceptors (Lipinski definition) is 1. The predicted molar refractivity (Wildman–Crippen MR) is 86.8 cm³/mol. The summed E-state index contributed by atoms with van der Waals surface area (Å²) in [5.41, 5.74) is 3.43. The molecule has 0 bridgehead atoms. The van der Waals surface area contributed by atoms with E-state index in [1.54, 1.807) is 0 Å². The van der Waals surface area contributed by atoms with Crippen molar-refractivity contribution in [2.45, 2.75) is 0 Å². The van der Waals surface area contributed by atoms with Gasteiger partial charge in [0.1, 0.15) is 5.82 Å². The van der Waals surface area contributed by atoms with E-state index in [1.165, 1.54) is 21.8 Å². The van der Waals surface area contributed by atoms with Crippen molar-refractivity contribution in [2.75, 3.05) is 0 Å². The van der Waals surface area contributed by atoms with Crippen molar-refractivity contribution in [3.05, 3.63) is 66.7 Å². The maximum atomic E-state index is 4.68. The molecule has 0 fully saturated rings. The fraction of sp³-hybridized carbons (Fsp3) is 0. The van der Waals surface area contributed by atoms with Crippen LogP contribution in [-0.4, -0.2) is 17.4 Å². The Morgan fingerprint density at radius 2 is 1.30 bits per heavy atom. The van der Waals surface area contributed by atoms with E-state index in [1.807, 2.05) is 13.9 Å². The van der Waals surface area contributed by atoms with Crippen molar-refractivity contribution >= 4 is 35.2 Å². The Hall–Kier alpha value is -2.55. The van der Waals surface area contributed by atoms with Crippen LogP contribution in [0.4, 0.5) is 0 Å². The SMILES string of the molecule is Bc1cccc(-n2c3ccccc3c3ccccc32)n1. The van der Waals surface area contributed by atoms with Gasteiger partial charge in [0.05, 0.1) is 11.0 Å². The van der Waals surface area contributed by atoms with Gasteiger partial charge in [-0.2, -0.15) is 0 Å². The van der Waals surface area contributed by atoms with Crippen LogP contribution in [0.2, 0.25) is 0 Å². The molecule has 0 radical (unpaired) electrons. The Labute approximate surface area is 118 Å². The molecule has 0 aliphatic rings. The topological polar surface area (TPSA) is 17.8 Å². The molecule has 0 aliphatic carbocycles. The van der Waals surface area contributed by atoms with E-state index in [0.29, 0.717) is 0 Å². The van der Waals surface area contributed by atoms with Gasteiger partial charge < -0.3 is 0 Å². The first-order valence-electron chi connectivity index (χ1n) is 6.77. The zero-order valence-corrected chi connectivity index (χ0v) is 11.2. The van der Waals surface area contributed by atoms with Crippen LogP contribution in [-0.2, 0) is 0 Å². The number of pyridine rings is 1. The maximum absolute atomic E-state index is 4.68. The average molecular weight is 256 g/mol. The van der Waals surface area contributed by atoms with Gasteiger partial charge >= 0.3 is 0 Å². The lowest BCUT2D eigenvalue weighted by molar-refractivity contribution is 1.09. The number of hydrogen-bond donors (Lipinski definition) is 0. The van der Waals surface area contributed by atoms with Gasteiger partial charge in [-0.1, -0.05) is 48.5 Å². The third-order valence-corrected chi connectivity index (χ3v) is 3.68. The van der Waals surface area contributed by atoms with Crippen LogP contribution in [0.1, 0.15) is 0 Å². The summed E-state index contributed by atoms with van der Waals surface area (Å²) in [7, 11) is 2.03. The molecule has 4 aromatic rings. The first kappa shape index (κ1) is 11.3. The molecule has 4 rings (SSSR count). The van der Waals surface area contributed by atoms with Crippen molar-refractivity contribution in [1.82, 2.24) is 9.55 Å².